The van der Waals surface area contributed by atoms with Gasteiger partial charge in [0.05, 0.1) is 15.7 Å². The predicted octanol–water partition coefficient (Wildman–Crippen LogP) is 3.59. The van der Waals surface area contributed by atoms with Crippen LogP contribution in [0.25, 0.3) is 17.0 Å². The summed E-state index contributed by atoms with van der Waals surface area (Å²) in [6.45, 7) is 1.97. The third kappa shape index (κ3) is 2.03. The molecule has 0 aliphatic heterocycles. The Balaban J connectivity index is 2.28. The van der Waals surface area contributed by atoms with Crippen molar-refractivity contribution in [3.8, 4) is 11.4 Å². The van der Waals surface area contributed by atoms with Gasteiger partial charge >= 0.3 is 0 Å². The van der Waals surface area contributed by atoms with Crippen LogP contribution in [0.3, 0.4) is 0 Å². The average Bonchev–Trinajstić information content (AvgIpc) is 2.69. The third-order valence-electron chi connectivity index (χ3n) is 2.83. The fraction of sp³-hybridized carbons (Fsp3) is 0.0769. The zero-order valence-electron chi connectivity index (χ0n) is 10.1. The number of halogens is 2. The summed E-state index contributed by atoms with van der Waals surface area (Å²) < 4.78 is 1.67. The normalized spacial score (nSPS) is 11.1. The second-order valence-corrected chi connectivity index (χ2v) is 5.11. The molecule has 0 saturated carbocycles. The van der Waals surface area contributed by atoms with E-state index in [1.807, 2.05) is 19.1 Å². The van der Waals surface area contributed by atoms with Crippen LogP contribution in [0.1, 0.15) is 5.56 Å². The monoisotopic (exact) mass is 292 g/mol. The average molecular weight is 293 g/mol. The minimum Gasteiger partial charge on any atom is -0.383 e. The van der Waals surface area contributed by atoms with Gasteiger partial charge in [-0.05, 0) is 24.6 Å². The summed E-state index contributed by atoms with van der Waals surface area (Å²) in [6.07, 6.45) is 3.45. The number of anilines is 1. The maximum Gasteiger partial charge on any atom is 0.158 e. The first-order valence-corrected chi connectivity index (χ1v) is 6.37. The van der Waals surface area contributed by atoms with Gasteiger partial charge in [0.1, 0.15) is 11.5 Å². The minimum atomic E-state index is 0.456. The van der Waals surface area contributed by atoms with E-state index in [1.54, 1.807) is 22.9 Å². The highest BCUT2D eigenvalue weighted by molar-refractivity contribution is 6.36. The van der Waals surface area contributed by atoms with Crippen molar-refractivity contribution >= 4 is 34.7 Å². The summed E-state index contributed by atoms with van der Waals surface area (Å²) >= 11 is 12.1. The summed E-state index contributed by atoms with van der Waals surface area (Å²) in [5, 5.41) is 0.961. The number of nitrogen functional groups attached to an aromatic ring is 1. The van der Waals surface area contributed by atoms with Crippen molar-refractivity contribution in [2.75, 3.05) is 5.73 Å². The van der Waals surface area contributed by atoms with Crippen molar-refractivity contribution in [2.24, 2.45) is 0 Å². The van der Waals surface area contributed by atoms with Crippen LogP contribution in [0.5, 0.6) is 0 Å². The third-order valence-corrected chi connectivity index (χ3v) is 3.32. The molecule has 3 rings (SSSR count). The number of hydrogen-bond acceptors (Lipinski definition) is 3. The second-order valence-electron chi connectivity index (χ2n) is 4.27. The summed E-state index contributed by atoms with van der Waals surface area (Å²) in [5.74, 6) is 0.468. The number of aryl methyl sites for hydroxylation is 1. The van der Waals surface area contributed by atoms with E-state index in [9.17, 15) is 0 Å². The molecule has 0 fully saturated rings. The summed E-state index contributed by atoms with van der Waals surface area (Å²) in [5.41, 5.74) is 9.04. The number of nitrogens with two attached hydrogens (primary N) is 1. The molecule has 19 heavy (non-hydrogen) atoms. The Morgan fingerprint density at radius 2 is 2.05 bits per heavy atom. The van der Waals surface area contributed by atoms with Crippen LogP contribution in [0, 0.1) is 6.92 Å². The first-order valence-electron chi connectivity index (χ1n) is 5.62. The molecule has 0 aliphatic carbocycles. The Morgan fingerprint density at radius 1 is 1.26 bits per heavy atom. The molecule has 0 bridgehead atoms. The SMILES string of the molecule is Cc1ccc(-c2nc3c(Cl)cc(Cl)cn3c2N)nc1. The van der Waals surface area contributed by atoms with E-state index in [-0.39, 0.29) is 0 Å². The molecule has 0 unspecified atom stereocenters. The quantitative estimate of drug-likeness (QED) is 0.746. The molecule has 96 valence electrons. The maximum atomic E-state index is 6.12. The number of pyridine rings is 2. The molecule has 0 aliphatic rings. The standard InChI is InChI=1S/C13H10Cl2N4/c1-7-2-3-10(17-5-7)11-12(16)19-6-8(14)4-9(15)13(19)18-11/h2-6H,16H2,1H3. The number of imidazole rings is 1. The lowest BCUT2D eigenvalue weighted by atomic mass is 10.2. The Kier molecular flexibility index (Phi) is 2.84. The first-order chi connectivity index (χ1) is 9.06. The molecular weight excluding hydrogens is 283 g/mol. The van der Waals surface area contributed by atoms with Crippen LogP contribution in [0.4, 0.5) is 5.82 Å². The van der Waals surface area contributed by atoms with Gasteiger partial charge in [-0.15, -0.1) is 0 Å². The van der Waals surface area contributed by atoms with Crippen molar-refractivity contribution in [2.45, 2.75) is 6.92 Å². The van der Waals surface area contributed by atoms with Crippen molar-refractivity contribution in [1.82, 2.24) is 14.4 Å². The maximum absolute atomic E-state index is 6.12. The molecule has 0 amide bonds. The van der Waals surface area contributed by atoms with Gasteiger partial charge in [-0.25, -0.2) is 4.98 Å². The largest absolute Gasteiger partial charge is 0.383 e. The zero-order valence-corrected chi connectivity index (χ0v) is 11.6. The topological polar surface area (TPSA) is 56.2 Å². The zero-order chi connectivity index (χ0) is 13.6. The molecule has 0 spiro atoms. The van der Waals surface area contributed by atoms with Crippen LogP contribution in [-0.4, -0.2) is 14.4 Å². The fourth-order valence-corrected chi connectivity index (χ4v) is 2.40. The molecule has 0 radical (unpaired) electrons. The molecule has 0 saturated heterocycles. The van der Waals surface area contributed by atoms with Crippen molar-refractivity contribution < 1.29 is 0 Å². The highest BCUT2D eigenvalue weighted by Gasteiger charge is 2.15. The lowest BCUT2D eigenvalue weighted by Gasteiger charge is -2.00. The van der Waals surface area contributed by atoms with E-state index in [1.165, 1.54) is 0 Å². The van der Waals surface area contributed by atoms with E-state index in [0.717, 1.165) is 5.56 Å². The molecule has 3 heterocycles. The van der Waals surface area contributed by atoms with Gasteiger partial charge in [-0.3, -0.25) is 9.38 Å². The fourth-order valence-electron chi connectivity index (χ4n) is 1.89. The van der Waals surface area contributed by atoms with Gasteiger partial charge in [0.2, 0.25) is 0 Å². The van der Waals surface area contributed by atoms with Crippen LogP contribution in [0.15, 0.2) is 30.6 Å². The van der Waals surface area contributed by atoms with Crippen molar-refractivity contribution in [3.05, 3.63) is 46.2 Å². The molecule has 3 aromatic rings. The Labute approximate surface area is 119 Å². The first kappa shape index (κ1) is 12.3. The van der Waals surface area contributed by atoms with Gasteiger partial charge in [0.15, 0.2) is 5.65 Å². The van der Waals surface area contributed by atoms with E-state index in [2.05, 4.69) is 9.97 Å². The highest BCUT2D eigenvalue weighted by atomic mass is 35.5. The lowest BCUT2D eigenvalue weighted by molar-refractivity contribution is 1.20. The summed E-state index contributed by atoms with van der Waals surface area (Å²) in [7, 11) is 0. The summed E-state index contributed by atoms with van der Waals surface area (Å²) in [6, 6.07) is 5.47. The van der Waals surface area contributed by atoms with E-state index in [4.69, 9.17) is 28.9 Å². The molecule has 0 aromatic carbocycles. The summed E-state index contributed by atoms with van der Waals surface area (Å²) in [4.78, 5) is 8.76. The molecule has 3 aromatic heterocycles. The smallest absolute Gasteiger partial charge is 0.158 e. The number of rotatable bonds is 1. The molecular formula is C13H10Cl2N4. The van der Waals surface area contributed by atoms with Gasteiger partial charge in [-0.2, -0.15) is 0 Å². The molecule has 2 N–H and O–H groups in total. The van der Waals surface area contributed by atoms with Crippen molar-refractivity contribution in [3.63, 3.8) is 0 Å². The van der Waals surface area contributed by atoms with E-state index < -0.39 is 0 Å². The number of fused-ring (bicyclic) bond motifs is 1. The van der Waals surface area contributed by atoms with Crippen LogP contribution in [-0.2, 0) is 0 Å². The van der Waals surface area contributed by atoms with Gasteiger partial charge in [0, 0.05) is 12.4 Å². The van der Waals surface area contributed by atoms with Crippen molar-refractivity contribution in [1.29, 1.82) is 0 Å². The minimum absolute atomic E-state index is 0.456. The number of nitrogens with zero attached hydrogens (tertiary/aromatic N) is 3. The molecule has 4 nitrogen and oxygen atoms in total. The Hall–Kier alpha value is -1.78. The number of aromatic nitrogens is 3. The molecule has 6 heteroatoms. The lowest BCUT2D eigenvalue weighted by Crippen LogP contribution is -1.95. The van der Waals surface area contributed by atoms with E-state index in [0.29, 0.717) is 32.9 Å². The van der Waals surface area contributed by atoms with Crippen LogP contribution in [0.2, 0.25) is 10.0 Å². The van der Waals surface area contributed by atoms with Gasteiger partial charge < -0.3 is 5.73 Å². The van der Waals surface area contributed by atoms with Crippen LogP contribution >= 0.6 is 23.2 Å². The Bertz CT molecular complexity index is 762. The molecule has 0 atom stereocenters. The Morgan fingerprint density at radius 3 is 2.74 bits per heavy atom. The van der Waals surface area contributed by atoms with Gasteiger partial charge in [-0.1, -0.05) is 29.3 Å². The predicted molar refractivity (Wildman–Crippen MR) is 77.6 cm³/mol. The second kappa shape index (κ2) is 4.40. The number of hydrogen-bond donors (Lipinski definition) is 1. The van der Waals surface area contributed by atoms with Gasteiger partial charge in [0.25, 0.3) is 0 Å². The van der Waals surface area contributed by atoms with E-state index >= 15 is 0 Å². The highest BCUT2D eigenvalue weighted by Crippen LogP contribution is 2.30. The van der Waals surface area contributed by atoms with Crippen LogP contribution < -0.4 is 5.73 Å².